The molecule has 2 heterocycles. The molecule has 2 aromatic heterocycles. The van der Waals surface area contributed by atoms with E-state index in [1.54, 1.807) is 17.0 Å². The molecule has 0 aliphatic rings. The SMILES string of the molecule is Nc1nc(Oc2ccc(F)cc2Br)nc(-n2ccnc2)n1. The topological polar surface area (TPSA) is 91.7 Å². The Morgan fingerprint density at radius 2 is 2.10 bits per heavy atom. The van der Waals surface area contributed by atoms with Crippen molar-refractivity contribution >= 4 is 21.9 Å². The second kappa shape index (κ2) is 5.44. The van der Waals surface area contributed by atoms with Crippen LogP contribution in [0.25, 0.3) is 5.95 Å². The van der Waals surface area contributed by atoms with Crippen molar-refractivity contribution in [2.75, 3.05) is 5.73 Å². The number of anilines is 1. The standard InChI is InChI=1S/C12H8BrFN6O/c13-8-5-7(14)1-2-9(8)21-12-18-10(15)17-11(19-12)20-4-3-16-6-20/h1-6H,(H2,15,17,18,19). The van der Waals surface area contributed by atoms with E-state index in [1.165, 1.54) is 24.5 Å². The minimum Gasteiger partial charge on any atom is -0.423 e. The Hall–Kier alpha value is -2.55. The van der Waals surface area contributed by atoms with Crippen molar-refractivity contribution in [1.82, 2.24) is 24.5 Å². The summed E-state index contributed by atoms with van der Waals surface area (Å²) in [6.07, 6.45) is 4.76. The molecule has 1 aromatic carbocycles. The molecule has 3 aromatic rings. The number of benzene rings is 1. The maximum absolute atomic E-state index is 13.0. The summed E-state index contributed by atoms with van der Waals surface area (Å²) in [5.74, 6) is 0.247. The van der Waals surface area contributed by atoms with Crippen LogP contribution in [0.15, 0.2) is 41.4 Å². The van der Waals surface area contributed by atoms with Gasteiger partial charge in [0.05, 0.1) is 4.47 Å². The number of halogens is 2. The van der Waals surface area contributed by atoms with Crippen molar-refractivity contribution < 1.29 is 9.13 Å². The highest BCUT2D eigenvalue weighted by molar-refractivity contribution is 9.10. The van der Waals surface area contributed by atoms with Crippen LogP contribution in [0.4, 0.5) is 10.3 Å². The van der Waals surface area contributed by atoms with Gasteiger partial charge >= 0.3 is 6.01 Å². The van der Waals surface area contributed by atoms with Gasteiger partial charge in [-0.25, -0.2) is 9.37 Å². The molecule has 0 spiro atoms. The molecule has 0 saturated carbocycles. The number of hydrogen-bond donors (Lipinski definition) is 1. The van der Waals surface area contributed by atoms with Crippen LogP contribution < -0.4 is 10.5 Å². The average Bonchev–Trinajstić information content (AvgIpc) is 2.95. The maximum atomic E-state index is 13.0. The third kappa shape index (κ3) is 2.97. The molecule has 0 bridgehead atoms. The zero-order valence-electron chi connectivity index (χ0n) is 10.4. The summed E-state index contributed by atoms with van der Waals surface area (Å²) in [5.41, 5.74) is 5.63. The number of imidazole rings is 1. The van der Waals surface area contributed by atoms with Gasteiger partial charge in [0, 0.05) is 12.4 Å². The van der Waals surface area contributed by atoms with Crippen LogP contribution in [0.1, 0.15) is 0 Å². The summed E-state index contributed by atoms with van der Waals surface area (Å²) in [6, 6.07) is 3.99. The Morgan fingerprint density at radius 3 is 2.81 bits per heavy atom. The molecule has 0 fully saturated rings. The van der Waals surface area contributed by atoms with Crippen LogP contribution in [0.3, 0.4) is 0 Å². The van der Waals surface area contributed by atoms with E-state index in [-0.39, 0.29) is 23.7 Å². The van der Waals surface area contributed by atoms with Crippen molar-refractivity contribution in [1.29, 1.82) is 0 Å². The van der Waals surface area contributed by atoms with Crippen molar-refractivity contribution in [3.63, 3.8) is 0 Å². The maximum Gasteiger partial charge on any atom is 0.328 e. The summed E-state index contributed by atoms with van der Waals surface area (Å²) in [6.45, 7) is 0. The van der Waals surface area contributed by atoms with Crippen molar-refractivity contribution in [3.8, 4) is 17.7 Å². The molecule has 2 N–H and O–H groups in total. The second-order valence-electron chi connectivity index (χ2n) is 3.92. The Labute approximate surface area is 126 Å². The third-order valence-electron chi connectivity index (χ3n) is 2.45. The third-order valence-corrected chi connectivity index (χ3v) is 3.07. The fourth-order valence-corrected chi connectivity index (χ4v) is 1.99. The van der Waals surface area contributed by atoms with E-state index in [1.807, 2.05) is 0 Å². The van der Waals surface area contributed by atoms with Gasteiger partial charge in [-0.15, -0.1) is 0 Å². The molecule has 0 saturated heterocycles. The van der Waals surface area contributed by atoms with Crippen LogP contribution in [0.5, 0.6) is 11.8 Å². The second-order valence-corrected chi connectivity index (χ2v) is 4.78. The Kier molecular flexibility index (Phi) is 3.48. The molecular formula is C12H8BrFN6O. The number of aromatic nitrogens is 5. The highest BCUT2D eigenvalue weighted by Gasteiger charge is 2.10. The van der Waals surface area contributed by atoms with Crippen molar-refractivity contribution in [3.05, 3.63) is 47.2 Å². The zero-order valence-corrected chi connectivity index (χ0v) is 12.0. The van der Waals surface area contributed by atoms with E-state index < -0.39 is 0 Å². The van der Waals surface area contributed by atoms with Gasteiger partial charge in [0.2, 0.25) is 11.9 Å². The lowest BCUT2D eigenvalue weighted by Gasteiger charge is -2.08. The average molecular weight is 351 g/mol. The lowest BCUT2D eigenvalue weighted by atomic mass is 10.3. The van der Waals surface area contributed by atoms with Gasteiger partial charge in [-0.1, -0.05) is 0 Å². The Balaban J connectivity index is 1.95. The van der Waals surface area contributed by atoms with E-state index >= 15 is 0 Å². The van der Waals surface area contributed by atoms with E-state index in [0.717, 1.165) is 0 Å². The summed E-state index contributed by atoms with van der Waals surface area (Å²) >= 11 is 3.20. The molecule has 0 aliphatic heterocycles. The molecule has 0 aliphatic carbocycles. The van der Waals surface area contributed by atoms with E-state index in [9.17, 15) is 4.39 Å². The largest absolute Gasteiger partial charge is 0.423 e. The van der Waals surface area contributed by atoms with Crippen molar-refractivity contribution in [2.24, 2.45) is 0 Å². The molecule has 7 nitrogen and oxygen atoms in total. The van der Waals surface area contributed by atoms with Gasteiger partial charge in [-0.3, -0.25) is 4.57 Å². The lowest BCUT2D eigenvalue weighted by molar-refractivity contribution is 0.435. The summed E-state index contributed by atoms with van der Waals surface area (Å²) < 4.78 is 20.5. The molecule has 3 rings (SSSR count). The summed E-state index contributed by atoms with van der Waals surface area (Å²) in [7, 11) is 0. The fourth-order valence-electron chi connectivity index (χ4n) is 1.56. The van der Waals surface area contributed by atoms with Gasteiger partial charge in [0.1, 0.15) is 17.9 Å². The van der Waals surface area contributed by atoms with Crippen LogP contribution in [-0.4, -0.2) is 24.5 Å². The Bertz CT molecular complexity index is 779. The minimum absolute atomic E-state index is 0.00138. The normalized spacial score (nSPS) is 10.6. The number of nitrogens with two attached hydrogens (primary N) is 1. The molecule has 9 heteroatoms. The number of nitrogen functional groups attached to an aromatic ring is 1. The number of hydrogen-bond acceptors (Lipinski definition) is 6. The monoisotopic (exact) mass is 350 g/mol. The Morgan fingerprint density at radius 1 is 1.24 bits per heavy atom. The zero-order chi connectivity index (χ0) is 14.8. The van der Waals surface area contributed by atoms with Crippen LogP contribution in [-0.2, 0) is 0 Å². The quantitative estimate of drug-likeness (QED) is 0.779. The van der Waals surface area contributed by atoms with Gasteiger partial charge in [-0.05, 0) is 34.1 Å². The molecule has 0 amide bonds. The number of rotatable bonds is 3. The number of ether oxygens (including phenoxy) is 1. The minimum atomic E-state index is -0.386. The van der Waals surface area contributed by atoms with E-state index in [2.05, 4.69) is 35.9 Å². The predicted octanol–water partition coefficient (Wildman–Crippen LogP) is 2.33. The summed E-state index contributed by atoms with van der Waals surface area (Å²) in [5, 5.41) is 0. The lowest BCUT2D eigenvalue weighted by Crippen LogP contribution is -2.06. The van der Waals surface area contributed by atoms with Gasteiger partial charge in [0.15, 0.2) is 0 Å². The summed E-state index contributed by atoms with van der Waals surface area (Å²) in [4.78, 5) is 15.9. The van der Waals surface area contributed by atoms with Crippen molar-refractivity contribution in [2.45, 2.75) is 0 Å². The predicted molar refractivity (Wildman–Crippen MR) is 75.5 cm³/mol. The van der Waals surface area contributed by atoms with Gasteiger partial charge in [0.25, 0.3) is 0 Å². The van der Waals surface area contributed by atoms with Gasteiger partial charge < -0.3 is 10.5 Å². The van der Waals surface area contributed by atoms with Crippen LogP contribution in [0.2, 0.25) is 0 Å². The number of nitrogens with zero attached hydrogens (tertiary/aromatic N) is 5. The van der Waals surface area contributed by atoms with E-state index in [4.69, 9.17) is 10.5 Å². The first-order valence-corrected chi connectivity index (χ1v) is 6.54. The molecule has 106 valence electrons. The first-order valence-electron chi connectivity index (χ1n) is 5.74. The van der Waals surface area contributed by atoms with Gasteiger partial charge in [-0.2, -0.15) is 15.0 Å². The highest BCUT2D eigenvalue weighted by atomic mass is 79.9. The molecular weight excluding hydrogens is 343 g/mol. The molecule has 0 radical (unpaired) electrons. The highest BCUT2D eigenvalue weighted by Crippen LogP contribution is 2.28. The molecule has 21 heavy (non-hydrogen) atoms. The fraction of sp³-hybridized carbons (Fsp3) is 0. The molecule has 0 unspecified atom stereocenters. The first kappa shape index (κ1) is 13.4. The first-order chi connectivity index (χ1) is 10.1. The van der Waals surface area contributed by atoms with E-state index in [0.29, 0.717) is 10.2 Å². The smallest absolute Gasteiger partial charge is 0.328 e. The van der Waals surface area contributed by atoms with Crippen LogP contribution in [0, 0.1) is 5.82 Å². The molecule has 0 atom stereocenters. The van der Waals surface area contributed by atoms with Crippen LogP contribution >= 0.6 is 15.9 Å².